The van der Waals surface area contributed by atoms with Crippen molar-refractivity contribution in [3.63, 3.8) is 0 Å². The quantitative estimate of drug-likeness (QED) is 0.715. The maximum Gasteiger partial charge on any atom is 0.417 e. The normalized spacial score (nSPS) is 18.9. The van der Waals surface area contributed by atoms with E-state index in [2.05, 4.69) is 0 Å². The molecule has 1 N–H and O–H groups in total. The first-order chi connectivity index (χ1) is 14.3. The number of nitrogens with one attached hydrogen (secondary N) is 1. The summed E-state index contributed by atoms with van der Waals surface area (Å²) in [5.74, 6) is -3.39. The third-order valence-electron chi connectivity index (χ3n) is 4.71. The first-order valence-corrected chi connectivity index (χ1v) is 9.93. The number of alkyl halides is 3. The van der Waals surface area contributed by atoms with Gasteiger partial charge < -0.3 is 14.8 Å². The number of carbonyl (C=O) groups is 3. The Kier molecular flexibility index (Phi) is 7.56. The van der Waals surface area contributed by atoms with Gasteiger partial charge in [0.25, 0.3) is 5.91 Å². The minimum absolute atomic E-state index is 0.151. The molecule has 1 fully saturated rings. The van der Waals surface area contributed by atoms with Crippen molar-refractivity contribution in [1.82, 2.24) is 10.2 Å². The van der Waals surface area contributed by atoms with E-state index in [-0.39, 0.29) is 13.0 Å². The third kappa shape index (κ3) is 6.60. The molecular formula is C21H27F3N2O5. The molecule has 172 valence electrons. The second-order valence-corrected chi connectivity index (χ2v) is 8.31. The van der Waals surface area contributed by atoms with Crippen molar-refractivity contribution in [1.29, 1.82) is 0 Å². The molecule has 0 aliphatic carbocycles. The van der Waals surface area contributed by atoms with Crippen molar-refractivity contribution in [3.05, 3.63) is 35.9 Å². The number of alkyl carbamates (subject to hydrolysis) is 1. The van der Waals surface area contributed by atoms with Crippen molar-refractivity contribution >= 4 is 18.1 Å². The summed E-state index contributed by atoms with van der Waals surface area (Å²) in [7, 11) is 0. The van der Waals surface area contributed by atoms with E-state index in [9.17, 15) is 27.6 Å². The molecule has 0 bridgehead atoms. The highest BCUT2D eigenvalue weighted by Gasteiger charge is 2.51. The summed E-state index contributed by atoms with van der Waals surface area (Å²) >= 11 is 0. The number of imide groups is 1. The summed E-state index contributed by atoms with van der Waals surface area (Å²) < 4.78 is 51.0. The van der Waals surface area contributed by atoms with Crippen LogP contribution < -0.4 is 5.32 Å². The topological polar surface area (TPSA) is 84.9 Å². The van der Waals surface area contributed by atoms with Crippen LogP contribution in [-0.2, 0) is 20.7 Å². The van der Waals surface area contributed by atoms with Gasteiger partial charge in [0, 0.05) is 0 Å². The predicted molar refractivity (Wildman–Crippen MR) is 105 cm³/mol. The molecule has 2 rings (SSSR count). The Morgan fingerprint density at radius 2 is 1.84 bits per heavy atom. The Morgan fingerprint density at radius 3 is 2.35 bits per heavy atom. The minimum atomic E-state index is -4.79. The second kappa shape index (κ2) is 9.57. The van der Waals surface area contributed by atoms with Crippen molar-refractivity contribution in [3.8, 4) is 0 Å². The lowest BCUT2D eigenvalue weighted by molar-refractivity contribution is -0.187. The number of amides is 3. The van der Waals surface area contributed by atoms with Gasteiger partial charge in [0.1, 0.15) is 18.2 Å². The van der Waals surface area contributed by atoms with E-state index in [1.807, 2.05) is 5.32 Å². The van der Waals surface area contributed by atoms with Crippen molar-refractivity contribution < 1.29 is 37.0 Å². The summed E-state index contributed by atoms with van der Waals surface area (Å²) in [4.78, 5) is 38.3. The molecule has 1 aliphatic rings. The van der Waals surface area contributed by atoms with E-state index in [4.69, 9.17) is 9.47 Å². The van der Waals surface area contributed by atoms with E-state index in [0.29, 0.717) is 4.90 Å². The van der Waals surface area contributed by atoms with E-state index >= 15 is 0 Å². The highest BCUT2D eigenvalue weighted by Crippen LogP contribution is 2.33. The zero-order valence-corrected chi connectivity index (χ0v) is 17.9. The Balaban J connectivity index is 2.32. The molecule has 1 aliphatic heterocycles. The van der Waals surface area contributed by atoms with Crippen LogP contribution in [0.25, 0.3) is 0 Å². The van der Waals surface area contributed by atoms with Crippen LogP contribution >= 0.6 is 0 Å². The first-order valence-electron chi connectivity index (χ1n) is 9.93. The first kappa shape index (κ1) is 24.5. The maximum atomic E-state index is 13.7. The summed E-state index contributed by atoms with van der Waals surface area (Å²) in [6, 6.07) is 6.03. The highest BCUT2D eigenvalue weighted by molar-refractivity contribution is 5.98. The molecule has 1 aromatic carbocycles. The molecule has 0 unspecified atom stereocenters. The maximum absolute atomic E-state index is 13.7. The summed E-state index contributed by atoms with van der Waals surface area (Å²) in [5.41, 5.74) is -0.205. The third-order valence-corrected chi connectivity index (χ3v) is 4.71. The summed E-state index contributed by atoms with van der Waals surface area (Å²) in [5, 5.41) is 2.03. The van der Waals surface area contributed by atoms with Crippen molar-refractivity contribution in [2.75, 3.05) is 6.61 Å². The zero-order chi connectivity index (χ0) is 23.4. The van der Waals surface area contributed by atoms with Gasteiger partial charge in [0.05, 0.1) is 12.0 Å². The molecule has 1 heterocycles. The summed E-state index contributed by atoms with van der Waals surface area (Å²) in [6.45, 7) is 5.72. The average Bonchev–Trinajstić information content (AvgIpc) is 2.99. The Bertz CT molecular complexity index is 792. The van der Waals surface area contributed by atoms with Gasteiger partial charge in [-0.1, -0.05) is 37.3 Å². The lowest BCUT2D eigenvalue weighted by atomic mass is 9.94. The Hall–Kier alpha value is -2.78. The molecular weight excluding hydrogens is 417 g/mol. The average molecular weight is 444 g/mol. The lowest BCUT2D eigenvalue weighted by Gasteiger charge is -2.32. The van der Waals surface area contributed by atoms with Crippen LogP contribution in [0.4, 0.5) is 22.8 Å². The van der Waals surface area contributed by atoms with E-state index in [0.717, 1.165) is 5.56 Å². The van der Waals surface area contributed by atoms with Crippen molar-refractivity contribution in [2.45, 2.75) is 64.4 Å². The van der Waals surface area contributed by atoms with Gasteiger partial charge in [0.2, 0.25) is 0 Å². The van der Waals surface area contributed by atoms with Gasteiger partial charge in [-0.2, -0.15) is 13.2 Å². The van der Waals surface area contributed by atoms with Crippen LogP contribution in [0.2, 0.25) is 0 Å². The van der Waals surface area contributed by atoms with Crippen LogP contribution in [-0.4, -0.2) is 53.5 Å². The summed E-state index contributed by atoms with van der Waals surface area (Å²) in [6.07, 6.45) is -7.29. The van der Waals surface area contributed by atoms with Gasteiger partial charge in [-0.25, -0.2) is 14.5 Å². The number of nitrogens with zero attached hydrogens (tertiary/aromatic N) is 1. The molecule has 7 nitrogen and oxygen atoms in total. The highest BCUT2D eigenvalue weighted by atomic mass is 19.4. The molecule has 31 heavy (non-hydrogen) atoms. The van der Waals surface area contributed by atoms with Crippen LogP contribution in [0.3, 0.4) is 0 Å². The molecule has 0 aromatic heterocycles. The lowest BCUT2D eigenvalue weighted by Crippen LogP contribution is -2.58. The largest absolute Gasteiger partial charge is 0.447 e. The van der Waals surface area contributed by atoms with Crippen molar-refractivity contribution in [2.24, 2.45) is 5.92 Å². The number of ether oxygens (including phenoxy) is 2. The van der Waals surface area contributed by atoms with Crippen LogP contribution in [0.5, 0.6) is 0 Å². The number of carbonyl (C=O) groups excluding carboxylic acids is 3. The van der Waals surface area contributed by atoms with E-state index in [1.165, 1.54) is 27.7 Å². The SMILES string of the molecule is CC[C@@H]([C@H](NC(=O)OC(C)(C)C)C(=O)N1C(=O)OC[C@@H]1Cc1ccccc1)C(F)(F)F. The molecule has 0 radical (unpaired) electrons. The van der Waals surface area contributed by atoms with E-state index in [1.54, 1.807) is 30.3 Å². The molecule has 1 aromatic rings. The fraction of sp³-hybridized carbons (Fsp3) is 0.571. The number of hydrogen-bond acceptors (Lipinski definition) is 5. The fourth-order valence-corrected chi connectivity index (χ4v) is 3.34. The van der Waals surface area contributed by atoms with Gasteiger partial charge in [-0.15, -0.1) is 0 Å². The molecule has 3 amide bonds. The predicted octanol–water partition coefficient (Wildman–Crippen LogP) is 4.06. The number of rotatable bonds is 6. The molecule has 3 atom stereocenters. The van der Waals surface area contributed by atoms with Gasteiger partial charge in [0.15, 0.2) is 0 Å². The minimum Gasteiger partial charge on any atom is -0.447 e. The van der Waals surface area contributed by atoms with Crippen LogP contribution in [0.15, 0.2) is 30.3 Å². The van der Waals surface area contributed by atoms with Gasteiger partial charge in [-0.3, -0.25) is 4.79 Å². The Morgan fingerprint density at radius 1 is 1.23 bits per heavy atom. The number of benzene rings is 1. The Labute approximate surface area is 178 Å². The fourth-order valence-electron chi connectivity index (χ4n) is 3.34. The molecule has 10 heteroatoms. The number of hydrogen-bond donors (Lipinski definition) is 1. The molecule has 0 spiro atoms. The molecule has 1 saturated heterocycles. The van der Waals surface area contributed by atoms with Gasteiger partial charge >= 0.3 is 18.4 Å². The zero-order valence-electron chi connectivity index (χ0n) is 17.9. The van der Waals surface area contributed by atoms with Crippen LogP contribution in [0.1, 0.15) is 39.7 Å². The van der Waals surface area contributed by atoms with E-state index < -0.39 is 54.3 Å². The number of cyclic esters (lactones) is 1. The molecule has 0 saturated carbocycles. The smallest absolute Gasteiger partial charge is 0.417 e. The van der Waals surface area contributed by atoms with Crippen LogP contribution in [0, 0.1) is 5.92 Å². The van der Waals surface area contributed by atoms with Gasteiger partial charge in [-0.05, 0) is 39.2 Å². The monoisotopic (exact) mass is 444 g/mol. The number of halogens is 3. The second-order valence-electron chi connectivity index (χ2n) is 8.31. The standard InChI is InChI=1S/C21H27F3N2O5/c1-5-15(21(22,23)24)16(25-18(28)31-20(2,3)4)17(27)26-14(12-30-19(26)29)11-13-9-7-6-8-10-13/h6-10,14-16H,5,11-12H2,1-4H3,(H,25,28)/t14-,15-,16-/m0/s1.